The van der Waals surface area contributed by atoms with Crippen LogP contribution in [0.3, 0.4) is 0 Å². The van der Waals surface area contributed by atoms with E-state index in [0.717, 1.165) is 50.2 Å². The molecule has 5 nitrogen and oxygen atoms in total. The highest BCUT2D eigenvalue weighted by Gasteiger charge is 2.21. The van der Waals surface area contributed by atoms with Crippen LogP contribution in [0.2, 0.25) is 0 Å². The van der Waals surface area contributed by atoms with Crippen molar-refractivity contribution < 1.29 is 14.3 Å². The third-order valence-corrected chi connectivity index (χ3v) is 3.80. The topological polar surface area (TPSA) is 59.6 Å². The number of benzene rings is 1. The molecule has 0 radical (unpaired) electrons. The van der Waals surface area contributed by atoms with Gasteiger partial charge in [-0.1, -0.05) is 13.8 Å². The second-order valence-corrected chi connectivity index (χ2v) is 5.89. The van der Waals surface area contributed by atoms with E-state index >= 15 is 0 Å². The first kappa shape index (κ1) is 17.6. The van der Waals surface area contributed by atoms with Gasteiger partial charge in [-0.25, -0.2) is 0 Å². The molecule has 1 atom stereocenters. The molecule has 0 aliphatic carbocycles. The normalized spacial score (nSPS) is 17.6. The van der Waals surface area contributed by atoms with Crippen LogP contribution >= 0.6 is 0 Å². The lowest BCUT2D eigenvalue weighted by atomic mass is 9.99. The predicted molar refractivity (Wildman–Crippen MR) is 92.2 cm³/mol. The summed E-state index contributed by atoms with van der Waals surface area (Å²) in [4.78, 5) is 12.3. The molecule has 2 N–H and O–H groups in total. The van der Waals surface area contributed by atoms with Crippen LogP contribution in [0.1, 0.15) is 39.5 Å². The van der Waals surface area contributed by atoms with E-state index in [0.29, 0.717) is 19.0 Å². The molecular formula is C18H28N2O3. The van der Waals surface area contributed by atoms with Gasteiger partial charge in [0.15, 0.2) is 11.5 Å². The third-order valence-electron chi connectivity index (χ3n) is 3.80. The SMILES string of the molecule is CCCOc1ccc(NC(=O)[C@@H]2CCCNC2)cc1OCCC. The third kappa shape index (κ3) is 5.43. The Balaban J connectivity index is 2.04. The Morgan fingerprint density at radius 1 is 1.22 bits per heavy atom. The summed E-state index contributed by atoms with van der Waals surface area (Å²) in [6.45, 7) is 7.17. The molecule has 0 bridgehead atoms. The number of hydrogen-bond acceptors (Lipinski definition) is 4. The maximum atomic E-state index is 12.3. The molecule has 0 aromatic heterocycles. The Labute approximate surface area is 138 Å². The van der Waals surface area contributed by atoms with E-state index in [2.05, 4.69) is 24.5 Å². The average molecular weight is 320 g/mol. The summed E-state index contributed by atoms with van der Waals surface area (Å²) in [7, 11) is 0. The van der Waals surface area contributed by atoms with Crippen molar-refractivity contribution in [3.8, 4) is 11.5 Å². The molecule has 0 saturated carbocycles. The van der Waals surface area contributed by atoms with E-state index < -0.39 is 0 Å². The number of hydrogen-bond donors (Lipinski definition) is 2. The van der Waals surface area contributed by atoms with Crippen LogP contribution in [-0.2, 0) is 4.79 Å². The van der Waals surface area contributed by atoms with Crippen molar-refractivity contribution in [2.24, 2.45) is 5.92 Å². The van der Waals surface area contributed by atoms with Gasteiger partial charge in [0, 0.05) is 18.3 Å². The number of carbonyl (C=O) groups excluding carboxylic acids is 1. The molecule has 1 aromatic carbocycles. The number of piperidine rings is 1. The molecule has 1 heterocycles. The lowest BCUT2D eigenvalue weighted by Gasteiger charge is -2.22. The fraction of sp³-hybridized carbons (Fsp3) is 0.611. The number of ether oxygens (including phenoxy) is 2. The van der Waals surface area contributed by atoms with Crippen LogP contribution in [0.25, 0.3) is 0 Å². The first-order valence-electron chi connectivity index (χ1n) is 8.65. The van der Waals surface area contributed by atoms with Crippen LogP contribution in [0, 0.1) is 5.92 Å². The van der Waals surface area contributed by atoms with Crippen molar-refractivity contribution in [1.82, 2.24) is 5.32 Å². The number of carbonyl (C=O) groups is 1. The summed E-state index contributed by atoms with van der Waals surface area (Å²) in [5.74, 6) is 1.54. The van der Waals surface area contributed by atoms with Gasteiger partial charge in [-0.3, -0.25) is 4.79 Å². The van der Waals surface area contributed by atoms with Crippen molar-refractivity contribution in [2.45, 2.75) is 39.5 Å². The summed E-state index contributed by atoms with van der Waals surface area (Å²) < 4.78 is 11.5. The zero-order chi connectivity index (χ0) is 16.5. The van der Waals surface area contributed by atoms with Gasteiger partial charge in [0.2, 0.25) is 5.91 Å². The number of anilines is 1. The molecule has 1 fully saturated rings. The molecule has 128 valence electrons. The van der Waals surface area contributed by atoms with Crippen molar-refractivity contribution >= 4 is 11.6 Å². The molecule has 1 saturated heterocycles. The van der Waals surface area contributed by atoms with Gasteiger partial charge >= 0.3 is 0 Å². The molecule has 1 aliphatic rings. The van der Waals surface area contributed by atoms with E-state index in [1.54, 1.807) is 0 Å². The zero-order valence-corrected chi connectivity index (χ0v) is 14.2. The van der Waals surface area contributed by atoms with Crippen LogP contribution in [0.4, 0.5) is 5.69 Å². The Hall–Kier alpha value is -1.75. The average Bonchev–Trinajstić information content (AvgIpc) is 2.59. The van der Waals surface area contributed by atoms with Crippen molar-refractivity contribution in [3.63, 3.8) is 0 Å². The first-order valence-corrected chi connectivity index (χ1v) is 8.65. The summed E-state index contributed by atoms with van der Waals surface area (Å²) >= 11 is 0. The fourth-order valence-electron chi connectivity index (χ4n) is 2.56. The second-order valence-electron chi connectivity index (χ2n) is 5.89. The van der Waals surface area contributed by atoms with Crippen molar-refractivity contribution in [1.29, 1.82) is 0 Å². The Morgan fingerprint density at radius 3 is 2.61 bits per heavy atom. The minimum atomic E-state index is 0.0415. The van der Waals surface area contributed by atoms with Crippen LogP contribution in [0.5, 0.6) is 11.5 Å². The standard InChI is InChI=1S/C18H28N2O3/c1-3-10-22-16-8-7-15(12-17(16)23-11-4-2)20-18(21)14-6-5-9-19-13-14/h7-8,12,14,19H,3-6,9-11,13H2,1-2H3,(H,20,21)/t14-/m1/s1. The van der Waals surface area contributed by atoms with Crippen LogP contribution < -0.4 is 20.1 Å². The number of amides is 1. The quantitative estimate of drug-likeness (QED) is 0.772. The monoisotopic (exact) mass is 320 g/mol. The molecular weight excluding hydrogens is 292 g/mol. The van der Waals surface area contributed by atoms with E-state index in [-0.39, 0.29) is 11.8 Å². The Bertz CT molecular complexity index is 499. The van der Waals surface area contributed by atoms with Gasteiger partial charge in [-0.05, 0) is 44.4 Å². The summed E-state index contributed by atoms with van der Waals surface area (Å²) in [5.41, 5.74) is 0.760. The minimum absolute atomic E-state index is 0.0415. The highest BCUT2D eigenvalue weighted by atomic mass is 16.5. The van der Waals surface area contributed by atoms with Crippen LogP contribution in [-0.4, -0.2) is 32.2 Å². The lowest BCUT2D eigenvalue weighted by Crippen LogP contribution is -2.37. The van der Waals surface area contributed by atoms with E-state index in [9.17, 15) is 4.79 Å². The van der Waals surface area contributed by atoms with Gasteiger partial charge in [0.05, 0.1) is 19.1 Å². The smallest absolute Gasteiger partial charge is 0.228 e. The van der Waals surface area contributed by atoms with Crippen molar-refractivity contribution in [3.05, 3.63) is 18.2 Å². The van der Waals surface area contributed by atoms with Gasteiger partial charge < -0.3 is 20.1 Å². The molecule has 1 aromatic rings. The predicted octanol–water partition coefficient (Wildman–Crippen LogP) is 3.20. The number of rotatable bonds is 8. The molecule has 0 spiro atoms. The molecule has 1 amide bonds. The van der Waals surface area contributed by atoms with Crippen molar-refractivity contribution in [2.75, 3.05) is 31.6 Å². The summed E-state index contributed by atoms with van der Waals surface area (Å²) in [6.07, 6.45) is 3.86. The Kier molecular flexibility index (Phi) is 7.20. The molecule has 1 aliphatic heterocycles. The zero-order valence-electron chi connectivity index (χ0n) is 14.2. The van der Waals surface area contributed by atoms with Gasteiger partial charge in [-0.15, -0.1) is 0 Å². The lowest BCUT2D eigenvalue weighted by molar-refractivity contribution is -0.120. The maximum absolute atomic E-state index is 12.3. The van der Waals surface area contributed by atoms with Crippen LogP contribution in [0.15, 0.2) is 18.2 Å². The molecule has 23 heavy (non-hydrogen) atoms. The van der Waals surface area contributed by atoms with Gasteiger partial charge in [0.25, 0.3) is 0 Å². The summed E-state index contributed by atoms with van der Waals surface area (Å²) in [5, 5.41) is 6.26. The maximum Gasteiger partial charge on any atom is 0.228 e. The highest BCUT2D eigenvalue weighted by molar-refractivity contribution is 5.93. The summed E-state index contributed by atoms with van der Waals surface area (Å²) in [6, 6.07) is 5.60. The highest BCUT2D eigenvalue weighted by Crippen LogP contribution is 2.31. The van der Waals surface area contributed by atoms with E-state index in [1.807, 2.05) is 18.2 Å². The van der Waals surface area contributed by atoms with Gasteiger partial charge in [0.1, 0.15) is 0 Å². The molecule has 2 rings (SSSR count). The van der Waals surface area contributed by atoms with E-state index in [4.69, 9.17) is 9.47 Å². The molecule has 5 heteroatoms. The van der Waals surface area contributed by atoms with E-state index in [1.165, 1.54) is 0 Å². The molecule has 0 unspecified atom stereocenters. The minimum Gasteiger partial charge on any atom is -0.490 e. The largest absolute Gasteiger partial charge is 0.490 e. The first-order chi connectivity index (χ1) is 11.2. The second kappa shape index (κ2) is 9.40. The Morgan fingerprint density at radius 2 is 1.96 bits per heavy atom. The fourth-order valence-corrected chi connectivity index (χ4v) is 2.56. The van der Waals surface area contributed by atoms with Gasteiger partial charge in [-0.2, -0.15) is 0 Å². The number of nitrogens with one attached hydrogen (secondary N) is 2.